The number of benzene rings is 2. The number of aromatic nitrogens is 2. The first-order valence-corrected chi connectivity index (χ1v) is 9.65. The average Bonchev–Trinajstić information content (AvgIpc) is 3.18. The minimum Gasteiger partial charge on any atom is -0.454 e. The molecule has 2 aromatic heterocycles. The van der Waals surface area contributed by atoms with Crippen molar-refractivity contribution in [3.05, 3.63) is 76.8 Å². The second-order valence-corrected chi connectivity index (χ2v) is 6.83. The Morgan fingerprint density at radius 2 is 1.78 bits per heavy atom. The fourth-order valence-corrected chi connectivity index (χ4v) is 3.04. The minimum absolute atomic E-state index is 0.0225. The normalized spacial score (nSPS) is 10.8. The Morgan fingerprint density at radius 3 is 2.59 bits per heavy atom. The van der Waals surface area contributed by atoms with Crippen LogP contribution < -0.4 is 16.2 Å². The number of urea groups is 1. The number of fused-ring (bicyclic) bond motifs is 3. The molecule has 162 valence electrons. The lowest BCUT2D eigenvalue weighted by Crippen LogP contribution is -2.41. The van der Waals surface area contributed by atoms with Crippen LogP contribution in [-0.2, 0) is 27.4 Å². The average molecular weight is 434 g/mol. The highest BCUT2D eigenvalue weighted by atomic mass is 16.5. The summed E-state index contributed by atoms with van der Waals surface area (Å²) in [7, 11) is 0. The number of nitrogens with one attached hydrogen (secondary N) is 2. The monoisotopic (exact) mass is 434 g/mol. The number of hydrogen-bond donors (Lipinski definition) is 2. The van der Waals surface area contributed by atoms with E-state index in [4.69, 9.17) is 9.15 Å². The van der Waals surface area contributed by atoms with Crippen LogP contribution in [0.2, 0.25) is 0 Å². The zero-order valence-corrected chi connectivity index (χ0v) is 16.7. The molecule has 3 amide bonds. The highest BCUT2D eigenvalue weighted by Crippen LogP contribution is 2.23. The molecule has 32 heavy (non-hydrogen) atoms. The van der Waals surface area contributed by atoms with Gasteiger partial charge in [0.25, 0.3) is 11.5 Å². The van der Waals surface area contributed by atoms with Crippen LogP contribution in [0.4, 0.5) is 4.79 Å². The lowest BCUT2D eigenvalue weighted by Gasteiger charge is -2.08. The molecule has 0 radical (unpaired) electrons. The van der Waals surface area contributed by atoms with E-state index in [-0.39, 0.29) is 12.1 Å². The van der Waals surface area contributed by atoms with Gasteiger partial charge in [-0.2, -0.15) is 0 Å². The Kier molecular flexibility index (Phi) is 5.93. The van der Waals surface area contributed by atoms with Crippen LogP contribution >= 0.6 is 0 Å². The van der Waals surface area contributed by atoms with Crippen LogP contribution in [0, 0.1) is 0 Å². The third-order valence-corrected chi connectivity index (χ3v) is 4.56. The van der Waals surface area contributed by atoms with Gasteiger partial charge in [-0.3, -0.25) is 24.3 Å². The number of hydrogen-bond acceptors (Lipinski definition) is 7. The predicted octanol–water partition coefficient (Wildman–Crippen LogP) is 1.71. The van der Waals surface area contributed by atoms with Crippen molar-refractivity contribution in [1.82, 2.24) is 20.2 Å². The number of esters is 1. The molecule has 0 spiro atoms. The van der Waals surface area contributed by atoms with Crippen LogP contribution in [-0.4, -0.2) is 34.1 Å². The van der Waals surface area contributed by atoms with Gasteiger partial charge in [-0.15, -0.1) is 0 Å². The van der Waals surface area contributed by atoms with Crippen molar-refractivity contribution in [2.75, 3.05) is 6.61 Å². The van der Waals surface area contributed by atoms with Gasteiger partial charge >= 0.3 is 12.0 Å². The van der Waals surface area contributed by atoms with Gasteiger partial charge in [0.1, 0.15) is 17.6 Å². The highest BCUT2D eigenvalue weighted by Gasteiger charge is 2.16. The Hall–Kier alpha value is -4.47. The summed E-state index contributed by atoms with van der Waals surface area (Å²) in [6.45, 7) is -0.904. The summed E-state index contributed by atoms with van der Waals surface area (Å²) in [5.74, 6) is -1.65. The van der Waals surface area contributed by atoms with Gasteiger partial charge in [0, 0.05) is 11.9 Å². The summed E-state index contributed by atoms with van der Waals surface area (Å²) in [5, 5.41) is 5.27. The van der Waals surface area contributed by atoms with Crippen molar-refractivity contribution in [3.63, 3.8) is 0 Å². The van der Waals surface area contributed by atoms with Crippen LogP contribution in [0.5, 0.6) is 0 Å². The molecule has 10 heteroatoms. The van der Waals surface area contributed by atoms with E-state index in [0.29, 0.717) is 16.5 Å². The first-order valence-electron chi connectivity index (χ1n) is 9.65. The second kappa shape index (κ2) is 9.13. The minimum atomic E-state index is -0.843. The van der Waals surface area contributed by atoms with Crippen LogP contribution in [0.3, 0.4) is 0 Å². The standard InChI is InChI=1S/C22H18N4O6/c27-17(25-22(30)23-10-14-6-2-1-3-7-14)12-31-18(28)11-26-13-24-19-15-8-4-5-9-16(15)32-20(19)21(26)29/h1-9,13H,10-12H2,(H2,23,25,27,30). The number of amides is 3. The number of nitrogens with zero attached hydrogens (tertiary/aromatic N) is 2. The maximum atomic E-state index is 12.6. The van der Waals surface area contributed by atoms with Gasteiger partial charge < -0.3 is 14.5 Å². The quantitative estimate of drug-likeness (QED) is 0.442. The molecular weight excluding hydrogens is 416 g/mol. The number of ether oxygens (including phenoxy) is 1. The Balaban J connectivity index is 1.30. The van der Waals surface area contributed by atoms with Crippen molar-refractivity contribution in [3.8, 4) is 0 Å². The Labute approximate surface area is 180 Å². The summed E-state index contributed by atoms with van der Waals surface area (Å²) in [4.78, 5) is 52.4. The van der Waals surface area contributed by atoms with Gasteiger partial charge in [0.15, 0.2) is 6.61 Å². The first-order chi connectivity index (χ1) is 15.5. The molecule has 4 rings (SSSR count). The maximum absolute atomic E-state index is 12.6. The molecule has 0 fully saturated rings. The highest BCUT2D eigenvalue weighted by molar-refractivity contribution is 6.01. The maximum Gasteiger partial charge on any atom is 0.326 e. The fourth-order valence-electron chi connectivity index (χ4n) is 3.04. The van der Waals surface area contributed by atoms with E-state index in [1.807, 2.05) is 30.3 Å². The lowest BCUT2D eigenvalue weighted by molar-refractivity contribution is -0.148. The van der Waals surface area contributed by atoms with Crippen molar-refractivity contribution in [1.29, 1.82) is 0 Å². The number of imide groups is 1. The van der Waals surface area contributed by atoms with E-state index in [0.717, 1.165) is 10.1 Å². The molecule has 0 saturated heterocycles. The number of carbonyl (C=O) groups excluding carboxylic acids is 3. The third-order valence-electron chi connectivity index (χ3n) is 4.56. The molecule has 0 unspecified atom stereocenters. The van der Waals surface area contributed by atoms with E-state index in [9.17, 15) is 19.2 Å². The molecule has 2 aromatic carbocycles. The van der Waals surface area contributed by atoms with E-state index < -0.39 is 36.6 Å². The summed E-state index contributed by atoms with van der Waals surface area (Å²) < 4.78 is 11.4. The summed E-state index contributed by atoms with van der Waals surface area (Å²) in [6, 6.07) is 15.5. The molecule has 0 bridgehead atoms. The fraction of sp³-hybridized carbons (Fsp3) is 0.136. The molecule has 2 heterocycles. The van der Waals surface area contributed by atoms with Crippen LogP contribution in [0.1, 0.15) is 5.56 Å². The molecule has 0 atom stereocenters. The predicted molar refractivity (Wildman–Crippen MR) is 114 cm³/mol. The Bertz CT molecular complexity index is 1360. The largest absolute Gasteiger partial charge is 0.454 e. The number of furan rings is 1. The third kappa shape index (κ3) is 4.64. The number of para-hydroxylation sites is 1. The summed E-state index contributed by atoms with van der Waals surface area (Å²) in [5.41, 5.74) is 1.25. The van der Waals surface area contributed by atoms with Gasteiger partial charge in [0.05, 0.1) is 6.33 Å². The number of rotatable bonds is 6. The molecule has 2 N–H and O–H groups in total. The molecule has 0 saturated carbocycles. The van der Waals surface area contributed by atoms with Gasteiger partial charge in [-0.25, -0.2) is 9.78 Å². The topological polar surface area (TPSA) is 133 Å². The molecular formula is C22H18N4O6. The molecule has 0 aliphatic rings. The van der Waals surface area contributed by atoms with E-state index >= 15 is 0 Å². The van der Waals surface area contributed by atoms with Crippen molar-refractivity contribution in [2.24, 2.45) is 0 Å². The van der Waals surface area contributed by atoms with E-state index in [1.54, 1.807) is 24.3 Å². The number of carbonyl (C=O) groups is 3. The molecule has 4 aromatic rings. The molecule has 10 nitrogen and oxygen atoms in total. The van der Waals surface area contributed by atoms with Crippen molar-refractivity contribution < 1.29 is 23.5 Å². The van der Waals surface area contributed by atoms with Crippen molar-refractivity contribution >= 4 is 40.0 Å². The lowest BCUT2D eigenvalue weighted by atomic mass is 10.2. The van der Waals surface area contributed by atoms with E-state index in [2.05, 4.69) is 15.6 Å². The van der Waals surface area contributed by atoms with Crippen LogP contribution in [0.15, 0.2) is 70.1 Å². The van der Waals surface area contributed by atoms with Crippen LogP contribution in [0.25, 0.3) is 22.1 Å². The molecule has 0 aliphatic carbocycles. The van der Waals surface area contributed by atoms with Crippen molar-refractivity contribution in [2.45, 2.75) is 13.1 Å². The zero-order chi connectivity index (χ0) is 22.5. The Morgan fingerprint density at radius 1 is 1.03 bits per heavy atom. The van der Waals surface area contributed by atoms with Gasteiger partial charge in [-0.05, 0) is 17.7 Å². The smallest absolute Gasteiger partial charge is 0.326 e. The van der Waals surface area contributed by atoms with Gasteiger partial charge in [0.2, 0.25) is 5.58 Å². The van der Waals surface area contributed by atoms with Gasteiger partial charge in [-0.1, -0.05) is 42.5 Å². The zero-order valence-electron chi connectivity index (χ0n) is 16.7. The second-order valence-electron chi connectivity index (χ2n) is 6.83. The summed E-state index contributed by atoms with van der Waals surface area (Å²) >= 11 is 0. The summed E-state index contributed by atoms with van der Waals surface area (Å²) in [6.07, 6.45) is 1.21. The SMILES string of the molecule is O=C(COC(=O)Cn1cnc2c(oc3ccccc32)c1=O)NC(=O)NCc1ccccc1. The molecule has 0 aliphatic heterocycles. The van der Waals surface area contributed by atoms with E-state index in [1.165, 1.54) is 6.33 Å². The first kappa shape index (κ1) is 20.8.